The summed E-state index contributed by atoms with van der Waals surface area (Å²) in [6.07, 6.45) is 1.40. The Hall–Kier alpha value is -5.77. The lowest BCUT2D eigenvalue weighted by molar-refractivity contribution is -0.123. The van der Waals surface area contributed by atoms with Crippen molar-refractivity contribution in [1.82, 2.24) is 4.90 Å². The number of amides is 5. The first-order valence-electron chi connectivity index (χ1n) is 15.6. The summed E-state index contributed by atoms with van der Waals surface area (Å²) in [5, 5.41) is 2.76. The number of benzene rings is 4. The van der Waals surface area contributed by atoms with Crippen molar-refractivity contribution in [3.8, 4) is 0 Å². The average molecular weight is 629 g/mol. The molecular weight excluding hydrogens is 596 g/mol. The van der Waals surface area contributed by atoms with Crippen LogP contribution in [0.2, 0.25) is 0 Å². The summed E-state index contributed by atoms with van der Waals surface area (Å²) in [6, 6.07) is 30.0. The Morgan fingerprint density at radius 2 is 1.38 bits per heavy atom. The fraction of sp³-hybridized carbons (Fsp3) is 0.216. The van der Waals surface area contributed by atoms with Gasteiger partial charge in [-0.05, 0) is 60.4 Å². The van der Waals surface area contributed by atoms with Crippen LogP contribution in [0.5, 0.6) is 0 Å². The van der Waals surface area contributed by atoms with E-state index in [2.05, 4.69) is 5.32 Å². The molecule has 236 valence electrons. The van der Waals surface area contributed by atoms with E-state index in [4.69, 9.17) is 4.74 Å². The molecule has 0 unspecified atom stereocenters. The third-order valence-electron chi connectivity index (χ3n) is 8.99. The van der Waals surface area contributed by atoms with Gasteiger partial charge in [0.25, 0.3) is 11.8 Å². The van der Waals surface area contributed by atoms with Crippen LogP contribution in [0.4, 0.5) is 21.9 Å². The minimum Gasteiger partial charge on any atom is -0.444 e. The van der Waals surface area contributed by atoms with E-state index >= 15 is 0 Å². The molecule has 3 aliphatic rings. The van der Waals surface area contributed by atoms with Crippen molar-refractivity contribution >= 4 is 46.8 Å². The van der Waals surface area contributed by atoms with E-state index in [9.17, 15) is 24.0 Å². The number of hydrogen-bond acceptors (Lipinski definition) is 6. The lowest BCUT2D eigenvalue weighted by Crippen LogP contribution is -2.49. The number of nitrogens with one attached hydrogen (secondary N) is 1. The SMILES string of the molecule is O=C(Nc1cccc(CN2C(=O)[C@H]3CCC[C@H]3N(C(=O)CN3C(=O)c4ccccc4C3=O)c3ccccc32)c1)OCc1ccccc1. The van der Waals surface area contributed by atoms with Crippen molar-refractivity contribution in [3.63, 3.8) is 0 Å². The van der Waals surface area contributed by atoms with E-state index in [1.54, 1.807) is 64.4 Å². The number of anilines is 3. The normalized spacial score (nSPS) is 18.4. The number of carbonyl (C=O) groups is 5. The molecule has 4 aromatic carbocycles. The van der Waals surface area contributed by atoms with Crippen molar-refractivity contribution < 1.29 is 28.7 Å². The van der Waals surface area contributed by atoms with Crippen LogP contribution in [0.3, 0.4) is 0 Å². The number of para-hydroxylation sites is 2. The fourth-order valence-corrected chi connectivity index (χ4v) is 6.81. The molecule has 0 spiro atoms. The zero-order chi connectivity index (χ0) is 32.5. The molecule has 47 heavy (non-hydrogen) atoms. The molecule has 5 amide bonds. The molecule has 2 atom stereocenters. The third-order valence-corrected chi connectivity index (χ3v) is 8.99. The molecular formula is C37H32N4O6. The van der Waals surface area contributed by atoms with Gasteiger partial charge in [-0.25, -0.2) is 4.79 Å². The molecule has 1 aliphatic carbocycles. The standard InChI is InChI=1S/C37H32N4O6/c42-33(22-40-34(43)27-14-4-5-15-28(27)35(40)44)41-30-19-9-16-29(30)36(45)39(31-17-6-7-18-32(31)41)21-25-12-8-13-26(20-25)38-37(46)47-23-24-10-2-1-3-11-24/h1-8,10-15,17-18,20,29-30H,9,16,19,21-23H2,(H,38,46)/t29-,30+/m0/s1. The second kappa shape index (κ2) is 12.6. The predicted molar refractivity (Wildman–Crippen MR) is 175 cm³/mol. The van der Waals surface area contributed by atoms with Crippen molar-refractivity contribution in [3.05, 3.63) is 125 Å². The molecule has 2 heterocycles. The Balaban J connectivity index is 1.13. The van der Waals surface area contributed by atoms with Crippen molar-refractivity contribution in [1.29, 1.82) is 0 Å². The highest BCUT2D eigenvalue weighted by Crippen LogP contribution is 2.43. The lowest BCUT2D eigenvalue weighted by atomic mass is 10.0. The minimum atomic E-state index is -0.594. The van der Waals surface area contributed by atoms with Crippen LogP contribution in [0.15, 0.2) is 103 Å². The summed E-state index contributed by atoms with van der Waals surface area (Å²) in [5.74, 6) is -1.97. The molecule has 0 bridgehead atoms. The van der Waals surface area contributed by atoms with Crippen LogP contribution < -0.4 is 15.1 Å². The van der Waals surface area contributed by atoms with Crippen molar-refractivity contribution in [2.24, 2.45) is 5.92 Å². The summed E-state index contributed by atoms with van der Waals surface area (Å²) < 4.78 is 5.36. The van der Waals surface area contributed by atoms with Gasteiger partial charge in [0, 0.05) is 11.7 Å². The maximum Gasteiger partial charge on any atom is 0.411 e. The molecule has 1 saturated carbocycles. The molecule has 1 fully saturated rings. The number of fused-ring (bicyclic) bond motifs is 3. The summed E-state index contributed by atoms with van der Waals surface area (Å²) in [6.45, 7) is -0.0868. The number of nitrogens with zero attached hydrogens (tertiary/aromatic N) is 3. The smallest absolute Gasteiger partial charge is 0.411 e. The number of hydrogen-bond donors (Lipinski definition) is 1. The van der Waals surface area contributed by atoms with Crippen molar-refractivity contribution in [2.45, 2.75) is 38.5 Å². The van der Waals surface area contributed by atoms with Crippen molar-refractivity contribution in [2.75, 3.05) is 21.7 Å². The van der Waals surface area contributed by atoms with Gasteiger partial charge in [-0.3, -0.25) is 29.4 Å². The van der Waals surface area contributed by atoms with Crippen LogP contribution in [0, 0.1) is 5.92 Å². The maximum atomic E-state index is 14.2. The van der Waals surface area contributed by atoms with Crippen LogP contribution >= 0.6 is 0 Å². The average Bonchev–Trinajstić information content (AvgIpc) is 3.64. The maximum absolute atomic E-state index is 14.2. The Morgan fingerprint density at radius 3 is 2.13 bits per heavy atom. The zero-order valence-corrected chi connectivity index (χ0v) is 25.5. The van der Waals surface area contributed by atoms with E-state index in [1.165, 1.54) is 0 Å². The van der Waals surface area contributed by atoms with E-state index in [0.29, 0.717) is 29.9 Å². The molecule has 10 nitrogen and oxygen atoms in total. The number of ether oxygens (including phenoxy) is 1. The van der Waals surface area contributed by atoms with Crippen LogP contribution in [-0.2, 0) is 27.5 Å². The largest absolute Gasteiger partial charge is 0.444 e. The van der Waals surface area contributed by atoms with E-state index in [1.807, 2.05) is 48.5 Å². The summed E-state index contributed by atoms with van der Waals surface area (Å²) >= 11 is 0. The Morgan fingerprint density at radius 1 is 0.723 bits per heavy atom. The van der Waals surface area contributed by atoms with Crippen LogP contribution in [-0.4, -0.2) is 47.2 Å². The van der Waals surface area contributed by atoms with Gasteiger partial charge in [0.05, 0.1) is 35.0 Å². The first-order valence-corrected chi connectivity index (χ1v) is 15.6. The molecule has 4 aromatic rings. The Labute approximate surface area is 271 Å². The molecule has 0 saturated heterocycles. The highest BCUT2D eigenvalue weighted by Gasteiger charge is 2.47. The Bertz CT molecular complexity index is 1860. The van der Waals surface area contributed by atoms with Gasteiger partial charge in [-0.1, -0.05) is 73.2 Å². The number of carbonyl (C=O) groups excluding carboxylic acids is 5. The van der Waals surface area contributed by atoms with Gasteiger partial charge >= 0.3 is 6.09 Å². The topological polar surface area (TPSA) is 116 Å². The molecule has 0 radical (unpaired) electrons. The first kappa shape index (κ1) is 29.9. The molecule has 2 aliphatic heterocycles. The molecule has 7 rings (SSSR count). The third kappa shape index (κ3) is 5.74. The van der Waals surface area contributed by atoms with Gasteiger partial charge in [0.15, 0.2) is 0 Å². The van der Waals surface area contributed by atoms with Gasteiger partial charge in [0.2, 0.25) is 11.8 Å². The van der Waals surface area contributed by atoms with Gasteiger partial charge in [-0.2, -0.15) is 0 Å². The fourth-order valence-electron chi connectivity index (χ4n) is 6.81. The van der Waals surface area contributed by atoms with Crippen LogP contribution in [0.25, 0.3) is 0 Å². The second-order valence-electron chi connectivity index (χ2n) is 11.9. The first-order chi connectivity index (χ1) is 22.9. The van der Waals surface area contributed by atoms with E-state index in [-0.39, 0.29) is 30.2 Å². The summed E-state index contributed by atoms with van der Waals surface area (Å²) in [4.78, 5) is 71.4. The summed E-state index contributed by atoms with van der Waals surface area (Å²) in [5.41, 5.74) is 3.84. The minimum absolute atomic E-state index is 0.100. The van der Waals surface area contributed by atoms with Crippen LogP contribution in [0.1, 0.15) is 51.1 Å². The number of rotatable bonds is 7. The highest BCUT2D eigenvalue weighted by molar-refractivity contribution is 6.23. The van der Waals surface area contributed by atoms with E-state index < -0.39 is 42.3 Å². The van der Waals surface area contributed by atoms with Gasteiger partial charge in [-0.15, -0.1) is 0 Å². The lowest BCUT2D eigenvalue weighted by Gasteiger charge is -2.31. The molecule has 0 aromatic heterocycles. The van der Waals surface area contributed by atoms with Gasteiger partial charge in [0.1, 0.15) is 13.2 Å². The predicted octanol–water partition coefficient (Wildman–Crippen LogP) is 5.78. The molecule has 1 N–H and O–H groups in total. The quantitative estimate of drug-likeness (QED) is 0.260. The van der Waals surface area contributed by atoms with Gasteiger partial charge < -0.3 is 14.5 Å². The summed E-state index contributed by atoms with van der Waals surface area (Å²) in [7, 11) is 0. The van der Waals surface area contributed by atoms with E-state index in [0.717, 1.165) is 22.4 Å². The second-order valence-corrected chi connectivity index (χ2v) is 11.9. The zero-order valence-electron chi connectivity index (χ0n) is 25.5. The molecule has 10 heteroatoms. The monoisotopic (exact) mass is 628 g/mol. The highest BCUT2D eigenvalue weighted by atomic mass is 16.5. The Kier molecular flexibility index (Phi) is 7.99. The number of imide groups is 1.